The van der Waals surface area contributed by atoms with Crippen molar-refractivity contribution in [1.29, 1.82) is 0 Å². The van der Waals surface area contributed by atoms with E-state index in [0.717, 1.165) is 37.6 Å². The van der Waals surface area contributed by atoms with Crippen LogP contribution in [0.25, 0.3) is 0 Å². The highest BCUT2D eigenvalue weighted by Crippen LogP contribution is 2.24. The summed E-state index contributed by atoms with van der Waals surface area (Å²) in [7, 11) is 3.89. The Balaban J connectivity index is 1.79. The first-order chi connectivity index (χ1) is 9.67. The van der Waals surface area contributed by atoms with Crippen LogP contribution < -0.4 is 5.32 Å². The second-order valence-electron chi connectivity index (χ2n) is 6.01. The van der Waals surface area contributed by atoms with Crippen LogP contribution >= 0.6 is 0 Å². The van der Waals surface area contributed by atoms with Crippen LogP contribution in [0.1, 0.15) is 29.8 Å². The maximum Gasteiger partial charge on any atom is 0.223 e. The van der Waals surface area contributed by atoms with E-state index in [9.17, 15) is 0 Å². The van der Waals surface area contributed by atoms with Gasteiger partial charge in [-0.25, -0.2) is 9.97 Å². The van der Waals surface area contributed by atoms with Crippen LogP contribution in [-0.2, 0) is 17.6 Å². The zero-order valence-electron chi connectivity index (χ0n) is 12.6. The van der Waals surface area contributed by atoms with Gasteiger partial charge in [-0.1, -0.05) is 0 Å². The number of aromatic nitrogens is 2. The number of anilines is 1. The molecule has 0 unspecified atom stereocenters. The van der Waals surface area contributed by atoms with Crippen LogP contribution in [0.5, 0.6) is 0 Å². The van der Waals surface area contributed by atoms with E-state index in [1.807, 2.05) is 0 Å². The Morgan fingerprint density at radius 1 is 1.20 bits per heavy atom. The number of rotatable bonds is 3. The third-order valence-corrected chi connectivity index (χ3v) is 4.46. The third kappa shape index (κ3) is 2.65. The number of hydrogen-bond acceptors (Lipinski definition) is 5. The van der Waals surface area contributed by atoms with Crippen LogP contribution in [0.3, 0.4) is 0 Å². The Kier molecular flexibility index (Phi) is 3.89. The van der Waals surface area contributed by atoms with Crippen molar-refractivity contribution in [2.24, 2.45) is 0 Å². The van der Waals surface area contributed by atoms with Crippen molar-refractivity contribution in [3.8, 4) is 0 Å². The SMILES string of the molecule is CO[C@H]1CN(C)C[C@@H]1Nc1nc(C)c2c(n1)CCCC2. The first-order valence-corrected chi connectivity index (χ1v) is 7.51. The molecule has 1 aromatic rings. The number of likely N-dealkylation sites (N-methyl/N-ethyl adjacent to an activating group) is 1. The molecular weight excluding hydrogens is 252 g/mol. The molecule has 0 aromatic carbocycles. The van der Waals surface area contributed by atoms with Crippen molar-refractivity contribution in [3.05, 3.63) is 17.0 Å². The smallest absolute Gasteiger partial charge is 0.223 e. The maximum absolute atomic E-state index is 5.55. The van der Waals surface area contributed by atoms with E-state index in [1.165, 1.54) is 24.1 Å². The lowest BCUT2D eigenvalue weighted by Crippen LogP contribution is -2.34. The van der Waals surface area contributed by atoms with Gasteiger partial charge in [0.1, 0.15) is 0 Å². The summed E-state index contributed by atoms with van der Waals surface area (Å²) in [5, 5.41) is 3.47. The minimum Gasteiger partial charge on any atom is -0.378 e. The molecule has 1 aliphatic carbocycles. The summed E-state index contributed by atoms with van der Waals surface area (Å²) in [6.07, 6.45) is 4.94. The highest BCUT2D eigenvalue weighted by Gasteiger charge is 2.31. The topological polar surface area (TPSA) is 50.3 Å². The van der Waals surface area contributed by atoms with E-state index < -0.39 is 0 Å². The fourth-order valence-electron chi connectivity index (χ4n) is 3.35. The maximum atomic E-state index is 5.55. The Morgan fingerprint density at radius 2 is 2.00 bits per heavy atom. The normalized spacial score (nSPS) is 26.6. The lowest BCUT2D eigenvalue weighted by molar-refractivity contribution is 0.104. The zero-order chi connectivity index (χ0) is 14.1. The summed E-state index contributed by atoms with van der Waals surface area (Å²) in [6, 6.07) is 0.269. The van der Waals surface area contributed by atoms with Crippen molar-refractivity contribution in [2.45, 2.75) is 44.8 Å². The Hall–Kier alpha value is -1.20. The van der Waals surface area contributed by atoms with Gasteiger partial charge >= 0.3 is 0 Å². The van der Waals surface area contributed by atoms with E-state index in [1.54, 1.807) is 7.11 Å². The third-order valence-electron chi connectivity index (χ3n) is 4.46. The van der Waals surface area contributed by atoms with Gasteiger partial charge in [0, 0.05) is 31.6 Å². The lowest BCUT2D eigenvalue weighted by atomic mass is 9.95. The molecule has 110 valence electrons. The number of methoxy groups -OCH3 is 1. The van der Waals surface area contributed by atoms with Crippen molar-refractivity contribution in [2.75, 3.05) is 32.6 Å². The van der Waals surface area contributed by atoms with Crippen LogP contribution in [0.2, 0.25) is 0 Å². The lowest BCUT2D eigenvalue weighted by Gasteiger charge is -2.21. The molecule has 3 rings (SSSR count). The van der Waals surface area contributed by atoms with Crippen LogP contribution in [0, 0.1) is 6.92 Å². The van der Waals surface area contributed by atoms with Crippen molar-refractivity contribution in [1.82, 2.24) is 14.9 Å². The minimum absolute atomic E-state index is 0.208. The summed E-state index contributed by atoms with van der Waals surface area (Å²) in [6.45, 7) is 4.03. The number of nitrogens with zero attached hydrogens (tertiary/aromatic N) is 3. The fraction of sp³-hybridized carbons (Fsp3) is 0.733. The van der Waals surface area contributed by atoms with Gasteiger partial charge in [0.05, 0.1) is 12.1 Å². The number of ether oxygens (including phenoxy) is 1. The van der Waals surface area contributed by atoms with Gasteiger partial charge in [-0.05, 0) is 45.2 Å². The molecule has 1 aliphatic heterocycles. The highest BCUT2D eigenvalue weighted by molar-refractivity contribution is 5.37. The second-order valence-corrected chi connectivity index (χ2v) is 6.01. The van der Waals surface area contributed by atoms with Gasteiger partial charge < -0.3 is 15.0 Å². The summed E-state index contributed by atoms with van der Waals surface area (Å²) >= 11 is 0. The second kappa shape index (κ2) is 5.66. The molecule has 20 heavy (non-hydrogen) atoms. The van der Waals surface area contributed by atoms with Crippen LogP contribution in [0.15, 0.2) is 0 Å². The molecule has 0 spiro atoms. The molecule has 0 saturated carbocycles. The summed E-state index contributed by atoms with van der Waals surface area (Å²) in [5.41, 5.74) is 3.75. The Labute approximate surface area is 120 Å². The monoisotopic (exact) mass is 276 g/mol. The molecule has 1 aromatic heterocycles. The minimum atomic E-state index is 0.208. The van der Waals surface area contributed by atoms with Crippen molar-refractivity contribution < 1.29 is 4.74 Å². The Morgan fingerprint density at radius 3 is 2.80 bits per heavy atom. The molecule has 2 atom stereocenters. The zero-order valence-corrected chi connectivity index (χ0v) is 12.6. The van der Waals surface area contributed by atoms with Crippen molar-refractivity contribution in [3.63, 3.8) is 0 Å². The molecular formula is C15H24N4O. The van der Waals surface area contributed by atoms with Crippen LogP contribution in [0.4, 0.5) is 5.95 Å². The molecule has 5 heteroatoms. The molecule has 5 nitrogen and oxygen atoms in total. The first-order valence-electron chi connectivity index (χ1n) is 7.51. The fourth-order valence-corrected chi connectivity index (χ4v) is 3.35. The van der Waals surface area contributed by atoms with Crippen LogP contribution in [-0.4, -0.2) is 54.3 Å². The summed E-state index contributed by atoms with van der Waals surface area (Å²) in [5.74, 6) is 0.769. The molecule has 2 heterocycles. The predicted octanol–water partition coefficient (Wildman–Crippen LogP) is 1.40. The van der Waals surface area contributed by atoms with Gasteiger partial charge in [-0.15, -0.1) is 0 Å². The average Bonchev–Trinajstić information content (AvgIpc) is 2.79. The number of hydrogen-bond donors (Lipinski definition) is 1. The van der Waals surface area contributed by atoms with E-state index in [4.69, 9.17) is 9.72 Å². The number of fused-ring (bicyclic) bond motifs is 1. The van der Waals surface area contributed by atoms with E-state index in [0.29, 0.717) is 0 Å². The summed E-state index contributed by atoms with van der Waals surface area (Å²) < 4.78 is 5.55. The molecule has 0 amide bonds. The molecule has 2 aliphatic rings. The number of aryl methyl sites for hydroxylation is 2. The first kappa shape index (κ1) is 13.8. The van der Waals surface area contributed by atoms with Gasteiger partial charge in [0.2, 0.25) is 5.95 Å². The molecule has 0 bridgehead atoms. The Bertz CT molecular complexity index is 491. The highest BCUT2D eigenvalue weighted by atomic mass is 16.5. The molecule has 1 saturated heterocycles. The predicted molar refractivity (Wildman–Crippen MR) is 79.1 cm³/mol. The van der Waals surface area contributed by atoms with Gasteiger partial charge in [0.25, 0.3) is 0 Å². The van der Waals surface area contributed by atoms with E-state index >= 15 is 0 Å². The van der Waals surface area contributed by atoms with Crippen molar-refractivity contribution >= 4 is 5.95 Å². The largest absolute Gasteiger partial charge is 0.378 e. The van der Waals surface area contributed by atoms with E-state index in [-0.39, 0.29) is 12.1 Å². The summed E-state index contributed by atoms with van der Waals surface area (Å²) in [4.78, 5) is 11.7. The van der Waals surface area contributed by atoms with Gasteiger partial charge in [-0.3, -0.25) is 0 Å². The number of nitrogens with one attached hydrogen (secondary N) is 1. The standard InChI is InChI=1S/C15H24N4O/c1-10-11-6-4-5-7-12(11)17-15(16-10)18-13-8-19(2)9-14(13)20-3/h13-14H,4-9H2,1-3H3,(H,16,17,18)/t13-,14-/m0/s1. The molecule has 1 N–H and O–H groups in total. The van der Waals surface area contributed by atoms with Gasteiger partial charge in [0.15, 0.2) is 0 Å². The quantitative estimate of drug-likeness (QED) is 0.904. The molecule has 0 radical (unpaired) electrons. The number of likely N-dealkylation sites (tertiary alicyclic amines) is 1. The van der Waals surface area contributed by atoms with E-state index in [2.05, 4.69) is 29.2 Å². The average molecular weight is 276 g/mol. The van der Waals surface area contributed by atoms with Gasteiger partial charge in [-0.2, -0.15) is 0 Å². The molecule has 1 fully saturated rings.